The van der Waals surface area contributed by atoms with Crippen molar-refractivity contribution in [1.82, 2.24) is 15.1 Å². The summed E-state index contributed by atoms with van der Waals surface area (Å²) in [4.78, 5) is 16.9. The van der Waals surface area contributed by atoms with Crippen molar-refractivity contribution in [2.75, 3.05) is 0 Å². The third-order valence-corrected chi connectivity index (χ3v) is 5.28. The average molecular weight is 517 g/mol. The lowest BCUT2D eigenvalue weighted by molar-refractivity contribution is -0.142. The normalized spacial score (nSPS) is 12.7. The number of alkyl halides is 6. The molecule has 0 atom stereocenters. The van der Waals surface area contributed by atoms with Gasteiger partial charge in [0.25, 0.3) is 5.91 Å². The molecule has 0 saturated heterocycles. The van der Waals surface area contributed by atoms with Crippen molar-refractivity contribution >= 4 is 29.0 Å². The van der Waals surface area contributed by atoms with Crippen LogP contribution in [0.25, 0.3) is 0 Å². The monoisotopic (exact) mass is 516 g/mol. The summed E-state index contributed by atoms with van der Waals surface area (Å²) in [6, 6.07) is 9.83. The van der Waals surface area contributed by atoms with Gasteiger partial charge in [0, 0.05) is 34.8 Å². The lowest BCUT2D eigenvalue weighted by Crippen LogP contribution is -2.32. The van der Waals surface area contributed by atoms with Gasteiger partial charge in [0.15, 0.2) is 5.69 Å². The van der Waals surface area contributed by atoms with Crippen LogP contribution >= 0.6 is 11.6 Å². The van der Waals surface area contributed by atoms with Crippen LogP contribution in [0, 0.1) is 6.92 Å². The van der Waals surface area contributed by atoms with Gasteiger partial charge >= 0.3 is 12.4 Å². The Morgan fingerprint density at radius 1 is 1.06 bits per heavy atom. The van der Waals surface area contributed by atoms with Crippen LogP contribution < -0.4 is 5.32 Å². The first-order chi connectivity index (χ1) is 16.3. The van der Waals surface area contributed by atoms with E-state index in [-0.39, 0.29) is 41.3 Å². The standard InChI is InChI=1S/C23H19ClF6N4O/c1-3-34-18(13(2)20(33-34)23(28,29)30)12-19(32-21(35)14-7-9-16(24)10-8-14)31-17-6-4-5-15(11-17)22(25,26)27/h4-11H,3,12H2,1-2H3,(H,31,32,35). The van der Waals surface area contributed by atoms with E-state index in [1.54, 1.807) is 6.92 Å². The van der Waals surface area contributed by atoms with E-state index in [1.165, 1.54) is 37.3 Å². The van der Waals surface area contributed by atoms with Gasteiger partial charge in [0.2, 0.25) is 0 Å². The van der Waals surface area contributed by atoms with Crippen molar-refractivity contribution in [3.05, 3.63) is 81.6 Å². The summed E-state index contributed by atoms with van der Waals surface area (Å²) in [5.74, 6) is -0.820. The van der Waals surface area contributed by atoms with E-state index in [0.29, 0.717) is 5.02 Å². The minimum absolute atomic E-state index is 0.0915. The smallest absolute Gasteiger partial charge is 0.310 e. The van der Waals surface area contributed by atoms with Crippen LogP contribution in [0.1, 0.15) is 39.8 Å². The molecule has 1 N–H and O–H groups in total. The van der Waals surface area contributed by atoms with Crippen LogP contribution in [0.3, 0.4) is 0 Å². The molecule has 3 aromatic rings. The number of amidine groups is 1. The molecule has 1 aromatic heterocycles. The number of carbonyl (C=O) groups excluding carboxylic acids is 1. The molecule has 5 nitrogen and oxygen atoms in total. The van der Waals surface area contributed by atoms with E-state index in [2.05, 4.69) is 15.4 Å². The summed E-state index contributed by atoms with van der Waals surface area (Å²) in [7, 11) is 0. The summed E-state index contributed by atoms with van der Waals surface area (Å²) < 4.78 is 80.7. The zero-order chi connectivity index (χ0) is 26.0. The predicted molar refractivity (Wildman–Crippen MR) is 119 cm³/mol. The minimum Gasteiger partial charge on any atom is -0.310 e. The number of halogens is 7. The Morgan fingerprint density at radius 2 is 1.71 bits per heavy atom. The molecule has 0 bridgehead atoms. The van der Waals surface area contributed by atoms with Crippen LogP contribution in [0.4, 0.5) is 32.0 Å². The molecule has 0 radical (unpaired) electrons. The number of rotatable bonds is 5. The summed E-state index contributed by atoms with van der Waals surface area (Å²) in [6.07, 6.45) is -9.65. The van der Waals surface area contributed by atoms with Gasteiger partial charge in [0.05, 0.1) is 11.3 Å². The van der Waals surface area contributed by atoms with Gasteiger partial charge in [0.1, 0.15) is 5.84 Å². The maximum atomic E-state index is 13.4. The van der Waals surface area contributed by atoms with E-state index in [4.69, 9.17) is 11.6 Å². The number of nitrogens with zero attached hydrogens (tertiary/aromatic N) is 3. The van der Waals surface area contributed by atoms with Crippen LogP contribution in [-0.2, 0) is 25.3 Å². The second kappa shape index (κ2) is 10.1. The highest BCUT2D eigenvalue weighted by atomic mass is 35.5. The van der Waals surface area contributed by atoms with Gasteiger partial charge in [-0.1, -0.05) is 17.7 Å². The molecule has 3 rings (SSSR count). The highest BCUT2D eigenvalue weighted by Gasteiger charge is 2.38. The molecular formula is C23H19ClF6N4O. The van der Waals surface area contributed by atoms with E-state index in [0.717, 1.165) is 22.9 Å². The molecular weight excluding hydrogens is 498 g/mol. The average Bonchev–Trinajstić information content (AvgIpc) is 3.09. The maximum absolute atomic E-state index is 13.4. The highest BCUT2D eigenvalue weighted by Crippen LogP contribution is 2.33. The fourth-order valence-electron chi connectivity index (χ4n) is 3.32. The van der Waals surface area contributed by atoms with Gasteiger partial charge in [-0.05, 0) is 56.3 Å². The van der Waals surface area contributed by atoms with Crippen molar-refractivity contribution in [3.63, 3.8) is 0 Å². The molecule has 0 aliphatic heterocycles. The summed E-state index contributed by atoms with van der Waals surface area (Å²) in [6.45, 7) is 2.92. The third-order valence-electron chi connectivity index (χ3n) is 5.03. The van der Waals surface area contributed by atoms with Crippen molar-refractivity contribution in [1.29, 1.82) is 0 Å². The van der Waals surface area contributed by atoms with Crippen LogP contribution in [0.15, 0.2) is 53.5 Å². The molecule has 186 valence electrons. The molecule has 0 fully saturated rings. The van der Waals surface area contributed by atoms with Crippen molar-refractivity contribution < 1.29 is 31.1 Å². The zero-order valence-corrected chi connectivity index (χ0v) is 19.2. The Hall–Kier alpha value is -3.34. The second-order valence-electron chi connectivity index (χ2n) is 7.48. The Kier molecular flexibility index (Phi) is 7.59. The number of benzene rings is 2. The number of amides is 1. The van der Waals surface area contributed by atoms with Gasteiger partial charge < -0.3 is 5.32 Å². The Bertz CT molecular complexity index is 1250. The summed E-state index contributed by atoms with van der Waals surface area (Å²) >= 11 is 5.83. The van der Waals surface area contributed by atoms with Crippen LogP contribution in [-0.4, -0.2) is 21.5 Å². The minimum atomic E-state index is -4.70. The summed E-state index contributed by atoms with van der Waals surface area (Å²) in [5, 5.41) is 6.49. The number of aliphatic imine (C=N–C) groups is 1. The fourth-order valence-corrected chi connectivity index (χ4v) is 3.45. The molecule has 0 saturated carbocycles. The number of carbonyl (C=O) groups is 1. The highest BCUT2D eigenvalue weighted by molar-refractivity contribution is 6.30. The Balaban J connectivity index is 2.05. The quantitative estimate of drug-likeness (QED) is 0.236. The van der Waals surface area contributed by atoms with Gasteiger partial charge in [-0.3, -0.25) is 9.48 Å². The topological polar surface area (TPSA) is 59.3 Å². The fraction of sp³-hybridized carbons (Fsp3) is 0.261. The van der Waals surface area contributed by atoms with E-state index in [1.807, 2.05) is 0 Å². The van der Waals surface area contributed by atoms with Gasteiger partial charge in [-0.2, -0.15) is 31.4 Å². The van der Waals surface area contributed by atoms with Gasteiger partial charge in [-0.15, -0.1) is 0 Å². The van der Waals surface area contributed by atoms with Crippen molar-refractivity contribution in [3.8, 4) is 0 Å². The molecule has 0 aliphatic rings. The largest absolute Gasteiger partial charge is 0.435 e. The first-order valence-electron chi connectivity index (χ1n) is 10.2. The van der Waals surface area contributed by atoms with E-state index < -0.39 is 29.5 Å². The van der Waals surface area contributed by atoms with Crippen molar-refractivity contribution in [2.45, 2.75) is 39.2 Å². The number of aromatic nitrogens is 2. The van der Waals surface area contributed by atoms with Crippen LogP contribution in [0.5, 0.6) is 0 Å². The van der Waals surface area contributed by atoms with E-state index in [9.17, 15) is 31.1 Å². The molecule has 0 aliphatic carbocycles. The second-order valence-corrected chi connectivity index (χ2v) is 7.91. The predicted octanol–water partition coefficient (Wildman–Crippen LogP) is 6.61. The molecule has 2 aromatic carbocycles. The summed E-state index contributed by atoms with van der Waals surface area (Å²) in [5.41, 5.74) is -2.07. The zero-order valence-electron chi connectivity index (χ0n) is 18.4. The number of aryl methyl sites for hydroxylation is 1. The van der Waals surface area contributed by atoms with Crippen molar-refractivity contribution in [2.24, 2.45) is 4.99 Å². The number of hydrogen-bond donors (Lipinski definition) is 1. The van der Waals surface area contributed by atoms with Gasteiger partial charge in [-0.25, -0.2) is 4.99 Å². The molecule has 12 heteroatoms. The number of hydrogen-bond acceptors (Lipinski definition) is 3. The maximum Gasteiger partial charge on any atom is 0.435 e. The molecule has 1 heterocycles. The molecule has 35 heavy (non-hydrogen) atoms. The molecule has 0 spiro atoms. The molecule has 0 unspecified atom stereocenters. The first kappa shape index (κ1) is 26.3. The number of nitrogens with one attached hydrogen (secondary N) is 1. The lowest BCUT2D eigenvalue weighted by Gasteiger charge is -2.13. The lowest BCUT2D eigenvalue weighted by atomic mass is 10.1. The Morgan fingerprint density at radius 3 is 2.29 bits per heavy atom. The first-order valence-corrected chi connectivity index (χ1v) is 10.6. The Labute approximate surface area is 201 Å². The van der Waals surface area contributed by atoms with E-state index >= 15 is 0 Å². The molecule has 1 amide bonds. The SMILES string of the molecule is CCn1nc(C(F)(F)F)c(C)c1CC(=Nc1cccc(C(F)(F)F)c1)NC(=O)c1ccc(Cl)cc1. The van der Waals surface area contributed by atoms with Crippen LogP contribution in [0.2, 0.25) is 5.02 Å². The third kappa shape index (κ3) is 6.41.